The van der Waals surface area contributed by atoms with Crippen molar-refractivity contribution in [3.8, 4) is 0 Å². The Labute approximate surface area is 140 Å². The van der Waals surface area contributed by atoms with Crippen LogP contribution in [-0.2, 0) is 4.79 Å². The number of benzene rings is 1. The Hall–Kier alpha value is -1.75. The summed E-state index contributed by atoms with van der Waals surface area (Å²) in [5.41, 5.74) is 0.316. The molecular formula is C17H21ClN2O3. The molecule has 124 valence electrons. The van der Waals surface area contributed by atoms with Crippen LogP contribution in [-0.4, -0.2) is 41.1 Å². The van der Waals surface area contributed by atoms with Crippen LogP contribution in [0.4, 0.5) is 4.79 Å². The highest BCUT2D eigenvalue weighted by Gasteiger charge is 2.43. The highest BCUT2D eigenvalue weighted by Crippen LogP contribution is 2.40. The van der Waals surface area contributed by atoms with Gasteiger partial charge < -0.3 is 15.3 Å². The van der Waals surface area contributed by atoms with Gasteiger partial charge in [0.05, 0.1) is 5.41 Å². The van der Waals surface area contributed by atoms with Crippen molar-refractivity contribution in [2.45, 2.75) is 38.1 Å². The summed E-state index contributed by atoms with van der Waals surface area (Å²) in [5.74, 6) is -0.452. The van der Waals surface area contributed by atoms with Crippen LogP contribution in [0.15, 0.2) is 24.3 Å². The fourth-order valence-electron chi connectivity index (χ4n) is 3.37. The molecule has 0 radical (unpaired) electrons. The van der Waals surface area contributed by atoms with Gasteiger partial charge >= 0.3 is 12.0 Å². The molecule has 1 aliphatic carbocycles. The Morgan fingerprint density at radius 2 is 2.04 bits per heavy atom. The van der Waals surface area contributed by atoms with Gasteiger partial charge in [0.1, 0.15) is 0 Å². The molecule has 1 heterocycles. The maximum Gasteiger partial charge on any atom is 0.317 e. The van der Waals surface area contributed by atoms with Gasteiger partial charge in [0.15, 0.2) is 0 Å². The van der Waals surface area contributed by atoms with E-state index in [0.29, 0.717) is 18.9 Å². The van der Waals surface area contributed by atoms with Gasteiger partial charge in [0.2, 0.25) is 0 Å². The molecule has 1 saturated carbocycles. The lowest BCUT2D eigenvalue weighted by Gasteiger charge is -2.37. The average Bonchev–Trinajstić information content (AvgIpc) is 2.87. The van der Waals surface area contributed by atoms with E-state index in [4.69, 9.17) is 11.6 Å². The summed E-state index contributed by atoms with van der Waals surface area (Å²) in [5, 5.41) is 13.0. The third kappa shape index (κ3) is 3.15. The van der Waals surface area contributed by atoms with Gasteiger partial charge in [-0.2, -0.15) is 0 Å². The first-order valence-corrected chi connectivity index (χ1v) is 8.30. The first kappa shape index (κ1) is 16.1. The van der Waals surface area contributed by atoms with E-state index >= 15 is 0 Å². The Kier molecular flexibility index (Phi) is 4.23. The molecule has 1 atom stereocenters. The van der Waals surface area contributed by atoms with Gasteiger partial charge in [-0.25, -0.2) is 4.79 Å². The van der Waals surface area contributed by atoms with Crippen LogP contribution in [0.3, 0.4) is 0 Å². The molecule has 1 aromatic rings. The van der Waals surface area contributed by atoms with Crippen molar-refractivity contribution >= 4 is 23.6 Å². The number of halogens is 1. The molecule has 0 aromatic heterocycles. The normalized spacial score (nSPS) is 29.9. The Bertz CT molecular complexity index is 630. The number of nitrogens with zero attached hydrogens (tertiary/aromatic N) is 1. The van der Waals surface area contributed by atoms with Crippen LogP contribution in [0, 0.1) is 5.41 Å². The summed E-state index contributed by atoms with van der Waals surface area (Å²) in [6.07, 6.45) is 2.25. The molecular weight excluding hydrogens is 316 g/mol. The lowest BCUT2D eigenvalue weighted by molar-refractivity contribution is -0.147. The van der Waals surface area contributed by atoms with Crippen LogP contribution < -0.4 is 5.32 Å². The zero-order valence-corrected chi connectivity index (χ0v) is 13.8. The van der Waals surface area contributed by atoms with Gasteiger partial charge in [-0.05, 0) is 43.7 Å². The molecule has 1 aliphatic heterocycles. The predicted octanol–water partition coefficient (Wildman–Crippen LogP) is 3.09. The van der Waals surface area contributed by atoms with E-state index in [1.54, 1.807) is 11.8 Å². The van der Waals surface area contributed by atoms with E-state index in [2.05, 4.69) is 5.32 Å². The molecule has 2 N–H and O–H groups in total. The molecule has 0 bridgehead atoms. The molecule has 6 heteroatoms. The van der Waals surface area contributed by atoms with Gasteiger partial charge in [0, 0.05) is 24.2 Å². The maximum absolute atomic E-state index is 12.3. The van der Waals surface area contributed by atoms with Crippen molar-refractivity contribution in [3.63, 3.8) is 0 Å². The summed E-state index contributed by atoms with van der Waals surface area (Å²) in [6, 6.07) is 7.79. The van der Waals surface area contributed by atoms with Gasteiger partial charge in [-0.1, -0.05) is 29.8 Å². The fourth-order valence-corrected chi connectivity index (χ4v) is 3.66. The second-order valence-electron chi connectivity index (χ2n) is 6.87. The SMILES string of the molecule is CC1(C(=O)O)CCN(C(=O)NC2CC(c3ccccc3Cl)C2)C1. The lowest BCUT2D eigenvalue weighted by atomic mass is 9.76. The van der Waals surface area contributed by atoms with Gasteiger partial charge in [-0.15, -0.1) is 0 Å². The minimum atomic E-state index is -0.838. The third-order valence-corrected chi connectivity index (χ3v) is 5.43. The molecule has 3 rings (SSSR count). The number of hydrogen-bond donors (Lipinski definition) is 2. The number of carbonyl (C=O) groups is 2. The van der Waals surface area contributed by atoms with Crippen LogP contribution in [0.25, 0.3) is 0 Å². The van der Waals surface area contributed by atoms with Crippen molar-refractivity contribution < 1.29 is 14.7 Å². The summed E-state index contributed by atoms with van der Waals surface area (Å²) in [4.78, 5) is 25.1. The van der Waals surface area contributed by atoms with Crippen LogP contribution in [0.2, 0.25) is 5.02 Å². The molecule has 5 nitrogen and oxygen atoms in total. The second-order valence-corrected chi connectivity index (χ2v) is 7.28. The summed E-state index contributed by atoms with van der Waals surface area (Å²) in [7, 11) is 0. The fraction of sp³-hybridized carbons (Fsp3) is 0.529. The number of carboxylic acids is 1. The van der Waals surface area contributed by atoms with E-state index in [0.717, 1.165) is 23.4 Å². The molecule has 2 aliphatic rings. The van der Waals surface area contributed by atoms with Gasteiger partial charge in [0.25, 0.3) is 0 Å². The van der Waals surface area contributed by atoms with E-state index in [1.165, 1.54) is 0 Å². The minimum Gasteiger partial charge on any atom is -0.481 e. The topological polar surface area (TPSA) is 69.6 Å². The first-order valence-electron chi connectivity index (χ1n) is 7.92. The first-order chi connectivity index (χ1) is 10.9. The molecule has 23 heavy (non-hydrogen) atoms. The van der Waals surface area contributed by atoms with Crippen molar-refractivity contribution in [3.05, 3.63) is 34.9 Å². The number of aliphatic carboxylic acids is 1. The quantitative estimate of drug-likeness (QED) is 0.891. The second kappa shape index (κ2) is 6.04. The molecule has 1 unspecified atom stereocenters. The van der Waals surface area contributed by atoms with Crippen LogP contribution in [0.5, 0.6) is 0 Å². The van der Waals surface area contributed by atoms with Crippen molar-refractivity contribution in [1.82, 2.24) is 10.2 Å². The highest BCUT2D eigenvalue weighted by molar-refractivity contribution is 6.31. The standard InChI is InChI=1S/C17H21ClN2O3/c1-17(15(21)22)6-7-20(10-17)16(23)19-12-8-11(9-12)13-4-2-3-5-14(13)18/h2-5,11-12H,6-10H2,1H3,(H,19,23)(H,21,22). The number of hydrogen-bond acceptors (Lipinski definition) is 2. The number of urea groups is 1. The Morgan fingerprint density at radius 1 is 1.35 bits per heavy atom. The summed E-state index contributed by atoms with van der Waals surface area (Å²) >= 11 is 6.20. The Balaban J connectivity index is 1.50. The van der Waals surface area contributed by atoms with E-state index in [1.807, 2.05) is 24.3 Å². The average molecular weight is 337 g/mol. The van der Waals surface area contributed by atoms with E-state index in [-0.39, 0.29) is 18.6 Å². The third-order valence-electron chi connectivity index (χ3n) is 5.09. The number of likely N-dealkylation sites (tertiary alicyclic amines) is 1. The number of amides is 2. The Morgan fingerprint density at radius 3 is 2.65 bits per heavy atom. The molecule has 1 saturated heterocycles. The zero-order valence-electron chi connectivity index (χ0n) is 13.1. The van der Waals surface area contributed by atoms with Crippen LogP contribution >= 0.6 is 11.6 Å². The summed E-state index contributed by atoms with van der Waals surface area (Å²) in [6.45, 7) is 2.46. The zero-order chi connectivity index (χ0) is 16.6. The monoisotopic (exact) mass is 336 g/mol. The van der Waals surface area contributed by atoms with Crippen molar-refractivity contribution in [2.24, 2.45) is 5.41 Å². The molecule has 1 aromatic carbocycles. The maximum atomic E-state index is 12.3. The van der Waals surface area contributed by atoms with E-state index < -0.39 is 11.4 Å². The number of nitrogens with one attached hydrogen (secondary N) is 1. The van der Waals surface area contributed by atoms with Crippen molar-refractivity contribution in [2.75, 3.05) is 13.1 Å². The number of carboxylic acid groups (broad SMARTS) is 1. The number of rotatable bonds is 3. The molecule has 2 amide bonds. The highest BCUT2D eigenvalue weighted by atomic mass is 35.5. The molecule has 0 spiro atoms. The smallest absolute Gasteiger partial charge is 0.317 e. The van der Waals surface area contributed by atoms with Crippen molar-refractivity contribution in [1.29, 1.82) is 0 Å². The van der Waals surface area contributed by atoms with Gasteiger partial charge in [-0.3, -0.25) is 4.79 Å². The van der Waals surface area contributed by atoms with E-state index in [9.17, 15) is 14.7 Å². The molecule has 2 fully saturated rings. The summed E-state index contributed by atoms with van der Waals surface area (Å²) < 4.78 is 0. The minimum absolute atomic E-state index is 0.139. The van der Waals surface area contributed by atoms with Crippen LogP contribution in [0.1, 0.15) is 37.7 Å². The predicted molar refractivity (Wildman–Crippen MR) is 87.7 cm³/mol. The largest absolute Gasteiger partial charge is 0.481 e. The number of carbonyl (C=O) groups excluding carboxylic acids is 1. The lowest BCUT2D eigenvalue weighted by Crippen LogP contribution is -2.49.